The van der Waals surface area contributed by atoms with Crippen LogP contribution in [0.25, 0.3) is 0 Å². The van der Waals surface area contributed by atoms with E-state index in [2.05, 4.69) is 25.3 Å². The number of hydrogen-bond acceptors (Lipinski definition) is 8. The molecule has 192 valence electrons. The average Bonchev–Trinajstić information content (AvgIpc) is 3.16. The second kappa shape index (κ2) is 9.55. The molecular weight excluding hydrogens is 461 g/mol. The summed E-state index contributed by atoms with van der Waals surface area (Å²) >= 11 is 0. The Morgan fingerprint density at radius 2 is 1.77 bits per heavy atom. The third-order valence-electron chi connectivity index (χ3n) is 7.67. The zero-order valence-electron chi connectivity index (χ0n) is 20.2. The van der Waals surface area contributed by atoms with Crippen LogP contribution in [0, 0.1) is 6.92 Å². The van der Waals surface area contributed by atoms with Crippen LogP contribution in [0.1, 0.15) is 35.8 Å². The monoisotopic (exact) mass is 494 g/mol. The lowest BCUT2D eigenvalue weighted by Gasteiger charge is -2.53. The predicted octanol–water partition coefficient (Wildman–Crippen LogP) is 1.38. The van der Waals surface area contributed by atoms with E-state index < -0.39 is 12.0 Å². The highest BCUT2D eigenvalue weighted by Gasteiger charge is 2.44. The lowest BCUT2D eigenvalue weighted by molar-refractivity contribution is -0.144. The van der Waals surface area contributed by atoms with Gasteiger partial charge in [0.2, 0.25) is 5.82 Å². The van der Waals surface area contributed by atoms with Crippen LogP contribution in [-0.4, -0.2) is 94.3 Å². The molecule has 0 radical (unpaired) electrons. The molecule has 3 aliphatic rings. The van der Waals surface area contributed by atoms with Crippen molar-refractivity contribution in [3.8, 4) is 0 Å². The molecule has 3 aliphatic heterocycles. The Bertz CT molecular complexity index is 1010. The maximum Gasteiger partial charge on any atom is 0.451 e. The van der Waals surface area contributed by atoms with Gasteiger partial charge in [0.1, 0.15) is 11.6 Å². The highest BCUT2D eigenvalue weighted by molar-refractivity contribution is 5.55. The Labute approximate surface area is 202 Å². The molecule has 0 aliphatic carbocycles. The van der Waals surface area contributed by atoms with Crippen LogP contribution in [-0.2, 0) is 13.2 Å². The van der Waals surface area contributed by atoms with Crippen LogP contribution in [0.4, 0.5) is 24.8 Å². The number of aromatic nitrogens is 4. The van der Waals surface area contributed by atoms with Gasteiger partial charge in [0.25, 0.3) is 0 Å². The number of alkyl halides is 3. The lowest BCUT2D eigenvalue weighted by Crippen LogP contribution is -2.70. The third kappa shape index (κ3) is 4.70. The quantitative estimate of drug-likeness (QED) is 0.645. The van der Waals surface area contributed by atoms with Crippen molar-refractivity contribution < 1.29 is 18.3 Å². The molecule has 9 nitrogen and oxygen atoms in total. The minimum absolute atomic E-state index is 0.104. The van der Waals surface area contributed by atoms with E-state index in [1.807, 2.05) is 29.7 Å². The summed E-state index contributed by atoms with van der Waals surface area (Å²) in [6.07, 6.45) is -1.16. The van der Waals surface area contributed by atoms with Crippen molar-refractivity contribution in [1.29, 1.82) is 0 Å². The maximum absolute atomic E-state index is 13.7. The fraction of sp³-hybridized carbons (Fsp3) is 0.696. The molecule has 2 aromatic rings. The van der Waals surface area contributed by atoms with E-state index in [1.54, 1.807) is 11.0 Å². The van der Waals surface area contributed by atoms with Crippen LogP contribution in [0.3, 0.4) is 0 Å². The maximum atomic E-state index is 13.7. The van der Waals surface area contributed by atoms with E-state index >= 15 is 0 Å². The summed E-state index contributed by atoms with van der Waals surface area (Å²) in [5.41, 5.74) is 2.33. The van der Waals surface area contributed by atoms with Crippen LogP contribution >= 0.6 is 0 Å². The number of anilines is 2. The van der Waals surface area contributed by atoms with Crippen molar-refractivity contribution in [2.45, 2.75) is 43.9 Å². The zero-order chi connectivity index (χ0) is 24.7. The van der Waals surface area contributed by atoms with Gasteiger partial charge in [0.05, 0.1) is 18.8 Å². The van der Waals surface area contributed by atoms with Crippen molar-refractivity contribution in [3.63, 3.8) is 0 Å². The molecule has 0 saturated carbocycles. The van der Waals surface area contributed by atoms with Gasteiger partial charge in [0.15, 0.2) is 0 Å². The number of nitrogens with zero attached hydrogens (tertiary/aromatic N) is 7. The molecule has 5 rings (SSSR count). The van der Waals surface area contributed by atoms with E-state index in [9.17, 15) is 18.3 Å². The predicted molar refractivity (Wildman–Crippen MR) is 126 cm³/mol. The molecule has 5 heterocycles. The summed E-state index contributed by atoms with van der Waals surface area (Å²) in [6, 6.07) is 1.48. The SMILES string of the molecule is Cc1cnn(C)c1C1CCN(c2cc(N3CC(N4CCNCC4)C3CO)nc(C(F)(F)F)n2)CC1. The minimum atomic E-state index is -4.65. The van der Waals surface area contributed by atoms with Crippen molar-refractivity contribution in [2.75, 3.05) is 62.2 Å². The molecule has 0 spiro atoms. The van der Waals surface area contributed by atoms with Crippen molar-refractivity contribution >= 4 is 11.6 Å². The van der Waals surface area contributed by atoms with Gasteiger partial charge in [0, 0.05) is 76.6 Å². The highest BCUT2D eigenvalue weighted by atomic mass is 19.4. The number of aryl methyl sites for hydroxylation is 2. The Balaban J connectivity index is 1.35. The first-order valence-electron chi connectivity index (χ1n) is 12.3. The molecule has 2 N–H and O–H groups in total. The second-order valence-corrected chi connectivity index (χ2v) is 9.76. The number of nitrogens with one attached hydrogen (secondary N) is 1. The number of piperidine rings is 1. The summed E-state index contributed by atoms with van der Waals surface area (Å²) < 4.78 is 43.1. The summed E-state index contributed by atoms with van der Waals surface area (Å²) in [5.74, 6) is -0.282. The molecule has 2 unspecified atom stereocenters. The van der Waals surface area contributed by atoms with Crippen molar-refractivity contribution in [2.24, 2.45) is 7.05 Å². The Kier molecular flexibility index (Phi) is 6.62. The third-order valence-corrected chi connectivity index (χ3v) is 7.67. The summed E-state index contributed by atoms with van der Waals surface area (Å²) in [5, 5.41) is 17.7. The molecule has 3 fully saturated rings. The molecule has 12 heteroatoms. The van der Waals surface area contributed by atoms with E-state index in [-0.39, 0.29) is 24.5 Å². The van der Waals surface area contributed by atoms with Gasteiger partial charge in [-0.2, -0.15) is 18.3 Å². The van der Waals surface area contributed by atoms with Gasteiger partial charge >= 0.3 is 6.18 Å². The first-order valence-corrected chi connectivity index (χ1v) is 12.3. The topological polar surface area (TPSA) is 85.6 Å². The zero-order valence-corrected chi connectivity index (χ0v) is 20.2. The first-order chi connectivity index (χ1) is 16.8. The van der Waals surface area contributed by atoms with Gasteiger partial charge < -0.3 is 20.2 Å². The van der Waals surface area contributed by atoms with Gasteiger partial charge in [-0.15, -0.1) is 0 Å². The van der Waals surface area contributed by atoms with Crippen molar-refractivity contribution in [3.05, 3.63) is 29.3 Å². The normalized spacial score (nSPS) is 24.6. The Hall–Kier alpha value is -2.44. The van der Waals surface area contributed by atoms with Gasteiger partial charge in [-0.3, -0.25) is 9.58 Å². The fourth-order valence-electron chi connectivity index (χ4n) is 5.77. The van der Waals surface area contributed by atoms with Crippen LogP contribution < -0.4 is 15.1 Å². The van der Waals surface area contributed by atoms with Crippen molar-refractivity contribution in [1.82, 2.24) is 30.0 Å². The van der Waals surface area contributed by atoms with Gasteiger partial charge in [-0.25, -0.2) is 9.97 Å². The van der Waals surface area contributed by atoms with Crippen LogP contribution in [0.5, 0.6) is 0 Å². The van der Waals surface area contributed by atoms with E-state index in [0.29, 0.717) is 31.4 Å². The second-order valence-electron chi connectivity index (χ2n) is 9.76. The number of aliphatic hydroxyl groups excluding tert-OH is 1. The van der Waals surface area contributed by atoms with Gasteiger partial charge in [-0.1, -0.05) is 0 Å². The number of halogens is 3. The van der Waals surface area contributed by atoms with Crippen LogP contribution in [0.15, 0.2) is 12.3 Å². The van der Waals surface area contributed by atoms with Crippen LogP contribution in [0.2, 0.25) is 0 Å². The molecule has 0 amide bonds. The fourth-order valence-corrected chi connectivity index (χ4v) is 5.77. The summed E-state index contributed by atoms with van der Waals surface area (Å²) in [6.45, 7) is 7.14. The Morgan fingerprint density at radius 1 is 1.09 bits per heavy atom. The Morgan fingerprint density at radius 3 is 2.37 bits per heavy atom. The highest BCUT2D eigenvalue weighted by Crippen LogP contribution is 2.36. The average molecular weight is 495 g/mol. The molecule has 2 aromatic heterocycles. The molecule has 0 aromatic carbocycles. The largest absolute Gasteiger partial charge is 0.451 e. The molecule has 3 saturated heterocycles. The number of hydrogen-bond donors (Lipinski definition) is 2. The van der Waals surface area contributed by atoms with E-state index in [1.165, 1.54) is 5.69 Å². The standard InChI is InChI=1S/C23H33F3N8O/c1-15-12-28-31(2)21(15)16-3-7-33(8-4-16)19-11-20(30-22(29-19)23(24,25)26)34-13-17(18(34)14-35)32-9-5-27-6-10-32/h11-12,16-18,27,35H,3-10,13-14H2,1-2H3. The van der Waals surface area contributed by atoms with E-state index in [0.717, 1.165) is 44.6 Å². The van der Waals surface area contributed by atoms with Gasteiger partial charge in [-0.05, 0) is 25.3 Å². The smallest absolute Gasteiger partial charge is 0.394 e. The number of rotatable bonds is 5. The minimum Gasteiger partial charge on any atom is -0.394 e. The molecular formula is C23H33F3N8O. The number of aliphatic hydroxyl groups is 1. The first kappa shape index (κ1) is 24.3. The summed E-state index contributed by atoms with van der Waals surface area (Å²) in [7, 11) is 1.93. The van der Waals surface area contributed by atoms with E-state index in [4.69, 9.17) is 0 Å². The number of piperazine rings is 1. The molecule has 0 bridgehead atoms. The molecule has 2 atom stereocenters. The lowest BCUT2D eigenvalue weighted by atomic mass is 9.91. The summed E-state index contributed by atoms with van der Waals surface area (Å²) in [4.78, 5) is 13.8. The molecule has 35 heavy (non-hydrogen) atoms.